The summed E-state index contributed by atoms with van der Waals surface area (Å²) in [6.07, 6.45) is 1.51. The number of ether oxygens (including phenoxy) is 1. The topological polar surface area (TPSA) is 30.8 Å². The lowest BCUT2D eigenvalue weighted by Crippen LogP contribution is -1.91. The van der Waals surface area contributed by atoms with Crippen LogP contribution in [0.2, 0.25) is 0 Å². The van der Waals surface area contributed by atoms with Crippen molar-refractivity contribution in [1.29, 1.82) is 0 Å². The van der Waals surface area contributed by atoms with Gasteiger partial charge in [0.15, 0.2) is 0 Å². The standard InChI is InChI=1S/C15H13F2NO2/c1-19-15-4-2-11(3-5-15)9-18-20-10-12-6-13(16)8-14(17)7-12/h2-9H,10H2,1H3. The van der Waals surface area contributed by atoms with Gasteiger partial charge in [0.2, 0.25) is 0 Å². The van der Waals surface area contributed by atoms with E-state index in [1.165, 1.54) is 18.3 Å². The zero-order chi connectivity index (χ0) is 14.4. The van der Waals surface area contributed by atoms with Gasteiger partial charge in [-0.1, -0.05) is 5.16 Å². The van der Waals surface area contributed by atoms with E-state index in [0.717, 1.165) is 17.4 Å². The molecule has 0 N–H and O–H groups in total. The van der Waals surface area contributed by atoms with Gasteiger partial charge in [0.1, 0.15) is 24.0 Å². The first-order valence-electron chi connectivity index (χ1n) is 5.92. The fourth-order valence-corrected chi connectivity index (χ4v) is 1.59. The molecule has 0 amide bonds. The number of halogens is 2. The Morgan fingerprint density at radius 2 is 1.70 bits per heavy atom. The molecule has 20 heavy (non-hydrogen) atoms. The van der Waals surface area contributed by atoms with E-state index in [2.05, 4.69) is 5.16 Å². The first-order chi connectivity index (χ1) is 9.67. The first-order valence-corrected chi connectivity index (χ1v) is 5.92. The van der Waals surface area contributed by atoms with Crippen LogP contribution in [0.1, 0.15) is 11.1 Å². The minimum atomic E-state index is -0.636. The predicted molar refractivity (Wildman–Crippen MR) is 71.7 cm³/mol. The largest absolute Gasteiger partial charge is 0.497 e. The van der Waals surface area contributed by atoms with E-state index in [9.17, 15) is 8.78 Å². The van der Waals surface area contributed by atoms with Crippen molar-refractivity contribution in [3.05, 3.63) is 65.2 Å². The van der Waals surface area contributed by atoms with Gasteiger partial charge in [-0.25, -0.2) is 8.78 Å². The molecule has 104 valence electrons. The highest BCUT2D eigenvalue weighted by Gasteiger charge is 2.00. The van der Waals surface area contributed by atoms with E-state index in [0.29, 0.717) is 5.56 Å². The monoisotopic (exact) mass is 277 g/mol. The summed E-state index contributed by atoms with van der Waals surface area (Å²) in [6.45, 7) is 0.00132. The third-order valence-electron chi connectivity index (χ3n) is 2.55. The number of methoxy groups -OCH3 is 1. The van der Waals surface area contributed by atoms with Crippen molar-refractivity contribution in [3.63, 3.8) is 0 Å². The molecule has 2 rings (SSSR count). The van der Waals surface area contributed by atoms with Gasteiger partial charge >= 0.3 is 0 Å². The zero-order valence-corrected chi connectivity index (χ0v) is 10.8. The highest BCUT2D eigenvalue weighted by Crippen LogP contribution is 2.11. The van der Waals surface area contributed by atoms with E-state index in [-0.39, 0.29) is 6.61 Å². The third-order valence-corrected chi connectivity index (χ3v) is 2.55. The van der Waals surface area contributed by atoms with Crippen LogP contribution in [0.3, 0.4) is 0 Å². The number of oxime groups is 1. The van der Waals surface area contributed by atoms with Crippen molar-refractivity contribution in [3.8, 4) is 5.75 Å². The summed E-state index contributed by atoms with van der Waals surface area (Å²) in [6, 6.07) is 10.4. The Bertz CT molecular complexity index is 577. The van der Waals surface area contributed by atoms with Crippen molar-refractivity contribution >= 4 is 6.21 Å². The number of benzene rings is 2. The normalized spacial score (nSPS) is 10.8. The van der Waals surface area contributed by atoms with Crippen molar-refractivity contribution in [2.24, 2.45) is 5.16 Å². The summed E-state index contributed by atoms with van der Waals surface area (Å²) in [5.74, 6) is -0.524. The fourth-order valence-electron chi connectivity index (χ4n) is 1.59. The second kappa shape index (κ2) is 6.65. The molecule has 2 aromatic carbocycles. The van der Waals surface area contributed by atoms with Gasteiger partial charge in [-0.05, 0) is 47.5 Å². The molecule has 0 aliphatic carbocycles. The lowest BCUT2D eigenvalue weighted by atomic mass is 10.2. The van der Waals surface area contributed by atoms with E-state index >= 15 is 0 Å². The van der Waals surface area contributed by atoms with Gasteiger partial charge in [0.25, 0.3) is 0 Å². The van der Waals surface area contributed by atoms with Gasteiger partial charge in [-0.2, -0.15) is 0 Å². The van der Waals surface area contributed by atoms with Gasteiger partial charge in [0, 0.05) is 6.07 Å². The Hall–Kier alpha value is -2.43. The number of nitrogens with zero attached hydrogens (tertiary/aromatic N) is 1. The lowest BCUT2D eigenvalue weighted by Gasteiger charge is -2.01. The molecule has 0 radical (unpaired) electrons. The number of rotatable bonds is 5. The van der Waals surface area contributed by atoms with E-state index < -0.39 is 11.6 Å². The summed E-state index contributed by atoms with van der Waals surface area (Å²) < 4.78 is 30.9. The maximum absolute atomic E-state index is 12.9. The molecule has 2 aromatic rings. The van der Waals surface area contributed by atoms with Crippen LogP contribution in [0, 0.1) is 11.6 Å². The molecule has 0 aliphatic heterocycles. The Morgan fingerprint density at radius 1 is 1.05 bits per heavy atom. The van der Waals surface area contributed by atoms with E-state index in [4.69, 9.17) is 9.57 Å². The zero-order valence-electron chi connectivity index (χ0n) is 10.8. The van der Waals surface area contributed by atoms with E-state index in [1.54, 1.807) is 19.2 Å². The van der Waals surface area contributed by atoms with Crippen LogP contribution >= 0.6 is 0 Å². The van der Waals surface area contributed by atoms with Crippen LogP contribution in [0.15, 0.2) is 47.6 Å². The lowest BCUT2D eigenvalue weighted by molar-refractivity contribution is 0.131. The molecule has 0 saturated heterocycles. The summed E-state index contributed by atoms with van der Waals surface area (Å²) in [5, 5.41) is 3.74. The molecule has 0 saturated carbocycles. The summed E-state index contributed by atoms with van der Waals surface area (Å²) in [7, 11) is 1.59. The molecule has 0 aliphatic rings. The quantitative estimate of drug-likeness (QED) is 0.618. The molecule has 0 heterocycles. The second-order valence-corrected chi connectivity index (χ2v) is 4.06. The van der Waals surface area contributed by atoms with Gasteiger partial charge in [-0.3, -0.25) is 0 Å². The summed E-state index contributed by atoms with van der Waals surface area (Å²) in [5.41, 5.74) is 1.21. The minimum absolute atomic E-state index is 0.00132. The molecule has 0 atom stereocenters. The van der Waals surface area contributed by atoms with Crippen LogP contribution in [0.5, 0.6) is 5.75 Å². The average molecular weight is 277 g/mol. The average Bonchev–Trinajstić information content (AvgIpc) is 2.43. The first kappa shape index (κ1) is 14.0. The molecule has 5 heteroatoms. The van der Waals surface area contributed by atoms with Gasteiger partial charge in [0.05, 0.1) is 13.3 Å². The molecule has 0 bridgehead atoms. The van der Waals surface area contributed by atoms with Crippen LogP contribution < -0.4 is 4.74 Å². The van der Waals surface area contributed by atoms with Crippen molar-refractivity contribution < 1.29 is 18.4 Å². The molecule has 3 nitrogen and oxygen atoms in total. The summed E-state index contributed by atoms with van der Waals surface area (Å²) in [4.78, 5) is 5.00. The van der Waals surface area contributed by atoms with Gasteiger partial charge < -0.3 is 9.57 Å². The SMILES string of the molecule is COc1ccc(C=NOCc2cc(F)cc(F)c2)cc1. The molecular formula is C15H13F2NO2. The second-order valence-electron chi connectivity index (χ2n) is 4.06. The maximum Gasteiger partial charge on any atom is 0.142 e. The number of hydrogen-bond donors (Lipinski definition) is 0. The van der Waals surface area contributed by atoms with Gasteiger partial charge in [-0.15, -0.1) is 0 Å². The van der Waals surface area contributed by atoms with Crippen LogP contribution in [0.25, 0.3) is 0 Å². The minimum Gasteiger partial charge on any atom is -0.497 e. The molecule has 0 spiro atoms. The Balaban J connectivity index is 1.89. The highest BCUT2D eigenvalue weighted by atomic mass is 19.1. The van der Waals surface area contributed by atoms with Crippen LogP contribution in [0.4, 0.5) is 8.78 Å². The Morgan fingerprint density at radius 3 is 2.30 bits per heavy atom. The molecule has 0 fully saturated rings. The predicted octanol–water partition coefficient (Wildman–Crippen LogP) is 3.52. The van der Waals surface area contributed by atoms with Crippen LogP contribution in [-0.4, -0.2) is 13.3 Å². The third kappa shape index (κ3) is 4.05. The molecule has 0 unspecified atom stereocenters. The number of hydrogen-bond acceptors (Lipinski definition) is 3. The Kier molecular flexibility index (Phi) is 4.65. The molecular weight excluding hydrogens is 264 g/mol. The Labute approximate surface area is 115 Å². The molecule has 0 aromatic heterocycles. The smallest absolute Gasteiger partial charge is 0.142 e. The maximum atomic E-state index is 12.9. The van der Waals surface area contributed by atoms with E-state index in [1.807, 2.05) is 12.1 Å². The fraction of sp³-hybridized carbons (Fsp3) is 0.133. The highest BCUT2D eigenvalue weighted by molar-refractivity contribution is 5.79. The van der Waals surface area contributed by atoms with Crippen molar-refractivity contribution in [2.45, 2.75) is 6.61 Å². The van der Waals surface area contributed by atoms with Crippen molar-refractivity contribution in [1.82, 2.24) is 0 Å². The summed E-state index contributed by atoms with van der Waals surface area (Å²) >= 11 is 0. The van der Waals surface area contributed by atoms with Crippen LogP contribution in [-0.2, 0) is 11.4 Å². The van der Waals surface area contributed by atoms with Crippen molar-refractivity contribution in [2.75, 3.05) is 7.11 Å².